The van der Waals surface area contributed by atoms with Crippen molar-refractivity contribution in [2.75, 3.05) is 13.4 Å². The molecule has 2 atom stereocenters. The van der Waals surface area contributed by atoms with Crippen LogP contribution in [-0.2, 0) is 15.2 Å². The van der Waals surface area contributed by atoms with Gasteiger partial charge in [0, 0.05) is 18.0 Å². The molecule has 118 valence electrons. The second-order valence-electron chi connectivity index (χ2n) is 5.48. The predicted octanol–water partition coefficient (Wildman–Crippen LogP) is 3.32. The molecule has 4 nitrogen and oxygen atoms in total. The Morgan fingerprint density at radius 1 is 1.29 bits per heavy atom. The van der Waals surface area contributed by atoms with Crippen LogP contribution in [0.3, 0.4) is 0 Å². The van der Waals surface area contributed by atoms with Crippen LogP contribution in [0.2, 0.25) is 0 Å². The van der Waals surface area contributed by atoms with Crippen LogP contribution in [0.25, 0.3) is 0 Å². The first-order valence-corrected chi connectivity index (χ1v) is 10.1. The lowest BCUT2D eigenvalue weighted by Crippen LogP contribution is -2.33. The number of hydrogen-bond acceptors (Lipinski definition) is 4. The Labute approximate surface area is 134 Å². The molecule has 1 aliphatic rings. The van der Waals surface area contributed by atoms with Crippen molar-refractivity contribution < 1.29 is 17.9 Å². The fraction of sp³-hybridized carbons (Fsp3) is 0.600. The highest BCUT2D eigenvalue weighted by molar-refractivity contribution is 9.08. The molecular formula is C15H21BrO4S. The van der Waals surface area contributed by atoms with E-state index in [-0.39, 0.29) is 11.4 Å². The third kappa shape index (κ3) is 4.36. The first-order chi connectivity index (χ1) is 9.94. The van der Waals surface area contributed by atoms with Gasteiger partial charge in [0.05, 0.1) is 12.4 Å². The molecule has 2 rings (SSSR count). The third-order valence-corrected chi connectivity index (χ3v) is 6.15. The Hall–Kier alpha value is -0.750. The lowest BCUT2D eigenvalue weighted by Gasteiger charge is -2.29. The molecule has 1 saturated carbocycles. The highest BCUT2D eigenvalue weighted by Gasteiger charge is 2.30. The monoisotopic (exact) mass is 376 g/mol. The van der Waals surface area contributed by atoms with Crippen LogP contribution in [0.4, 0.5) is 0 Å². The van der Waals surface area contributed by atoms with Gasteiger partial charge in [0.2, 0.25) is 0 Å². The number of halogens is 1. The quantitative estimate of drug-likeness (QED) is 0.739. The van der Waals surface area contributed by atoms with Crippen molar-refractivity contribution in [3.63, 3.8) is 0 Å². The molecule has 0 bridgehead atoms. The van der Waals surface area contributed by atoms with E-state index in [1.165, 1.54) is 6.26 Å². The molecule has 0 amide bonds. The number of methoxy groups -OCH3 is 1. The highest BCUT2D eigenvalue weighted by Crippen LogP contribution is 2.33. The molecule has 0 aromatic heterocycles. The molecule has 0 spiro atoms. The zero-order valence-corrected chi connectivity index (χ0v) is 14.7. The van der Waals surface area contributed by atoms with Crippen molar-refractivity contribution in [3.05, 3.63) is 23.8 Å². The van der Waals surface area contributed by atoms with Gasteiger partial charge in [-0.15, -0.1) is 0 Å². The van der Waals surface area contributed by atoms with Crippen LogP contribution in [-0.4, -0.2) is 33.1 Å². The van der Waals surface area contributed by atoms with Crippen LogP contribution in [0, 0.1) is 0 Å². The summed E-state index contributed by atoms with van der Waals surface area (Å²) >= 11 is 3.42. The Morgan fingerprint density at radius 3 is 2.67 bits per heavy atom. The van der Waals surface area contributed by atoms with Gasteiger partial charge < -0.3 is 9.47 Å². The molecule has 2 unspecified atom stereocenters. The van der Waals surface area contributed by atoms with Crippen molar-refractivity contribution in [2.24, 2.45) is 0 Å². The molecule has 1 aliphatic carbocycles. The molecular weight excluding hydrogens is 356 g/mol. The highest BCUT2D eigenvalue weighted by atomic mass is 79.9. The van der Waals surface area contributed by atoms with Gasteiger partial charge >= 0.3 is 0 Å². The molecule has 6 heteroatoms. The van der Waals surface area contributed by atoms with Crippen molar-refractivity contribution in [3.8, 4) is 11.5 Å². The summed E-state index contributed by atoms with van der Waals surface area (Å²) in [6.45, 7) is 0. The smallest absolute Gasteiger partial charge is 0.161 e. The normalized spacial score (nSPS) is 22.8. The number of benzene rings is 1. The summed E-state index contributed by atoms with van der Waals surface area (Å²) in [5.74, 6) is 1.37. The van der Waals surface area contributed by atoms with Crippen LogP contribution in [0.15, 0.2) is 18.2 Å². The van der Waals surface area contributed by atoms with E-state index in [1.54, 1.807) is 7.11 Å². The van der Waals surface area contributed by atoms with E-state index in [2.05, 4.69) is 15.9 Å². The van der Waals surface area contributed by atoms with Crippen LogP contribution in [0.5, 0.6) is 11.5 Å². The Balaban J connectivity index is 2.14. The minimum atomic E-state index is -3.00. The molecule has 1 aromatic carbocycles. The van der Waals surface area contributed by atoms with E-state index in [4.69, 9.17) is 9.47 Å². The lowest BCUT2D eigenvalue weighted by molar-refractivity contribution is 0.150. The van der Waals surface area contributed by atoms with Crippen LogP contribution >= 0.6 is 15.9 Å². The molecule has 0 aliphatic heterocycles. The van der Waals surface area contributed by atoms with Gasteiger partial charge in [-0.3, -0.25) is 0 Å². The molecule has 1 fully saturated rings. The Bertz CT molecular complexity index is 585. The van der Waals surface area contributed by atoms with E-state index in [1.807, 2.05) is 18.2 Å². The molecule has 0 saturated heterocycles. The topological polar surface area (TPSA) is 52.6 Å². The summed E-state index contributed by atoms with van der Waals surface area (Å²) in [7, 11) is -1.39. The second kappa shape index (κ2) is 7.01. The Kier molecular flexibility index (Phi) is 5.54. The average molecular weight is 377 g/mol. The molecule has 21 heavy (non-hydrogen) atoms. The van der Waals surface area contributed by atoms with Crippen molar-refractivity contribution in [2.45, 2.75) is 42.4 Å². The number of hydrogen-bond donors (Lipinski definition) is 0. The predicted molar refractivity (Wildman–Crippen MR) is 87.1 cm³/mol. The van der Waals surface area contributed by atoms with Crippen LogP contribution in [0.1, 0.15) is 31.2 Å². The number of rotatable bonds is 5. The van der Waals surface area contributed by atoms with Gasteiger partial charge in [-0.1, -0.05) is 22.0 Å². The standard InChI is InChI=1S/C15H21BrO4S/c1-19-14-7-6-11(10-16)8-15(14)20-12-4-3-5-13(9-12)21(2,17)18/h6-8,12-13H,3-5,9-10H2,1-2H3. The van der Waals surface area contributed by atoms with Crippen molar-refractivity contribution >= 4 is 25.8 Å². The molecule has 0 N–H and O–H groups in total. The average Bonchev–Trinajstić information content (AvgIpc) is 2.46. The van der Waals surface area contributed by atoms with Crippen molar-refractivity contribution in [1.29, 1.82) is 0 Å². The summed E-state index contributed by atoms with van der Waals surface area (Å²) in [6, 6.07) is 5.79. The number of alkyl halides is 1. The molecule has 1 aromatic rings. The van der Waals surface area contributed by atoms with E-state index >= 15 is 0 Å². The lowest BCUT2D eigenvalue weighted by atomic mass is 9.97. The SMILES string of the molecule is COc1ccc(CBr)cc1OC1CCCC(S(C)(=O)=O)C1. The first-order valence-electron chi connectivity index (χ1n) is 7.02. The van der Waals surface area contributed by atoms with Gasteiger partial charge in [-0.05, 0) is 37.0 Å². The minimum absolute atomic E-state index is 0.0713. The summed E-state index contributed by atoms with van der Waals surface area (Å²) in [5.41, 5.74) is 1.10. The number of ether oxygens (including phenoxy) is 2. The minimum Gasteiger partial charge on any atom is -0.493 e. The van der Waals surface area contributed by atoms with Crippen LogP contribution < -0.4 is 9.47 Å². The van der Waals surface area contributed by atoms with E-state index in [9.17, 15) is 8.42 Å². The first kappa shape index (κ1) is 16.6. The summed E-state index contributed by atoms with van der Waals surface area (Å²) in [6.07, 6.45) is 4.29. The second-order valence-corrected chi connectivity index (χ2v) is 8.36. The largest absolute Gasteiger partial charge is 0.493 e. The fourth-order valence-electron chi connectivity index (χ4n) is 2.67. The van der Waals surface area contributed by atoms with E-state index in [0.717, 1.165) is 30.2 Å². The Morgan fingerprint density at radius 2 is 2.05 bits per heavy atom. The summed E-state index contributed by atoms with van der Waals surface area (Å²) < 4.78 is 34.8. The van der Waals surface area contributed by atoms with Crippen molar-refractivity contribution in [1.82, 2.24) is 0 Å². The van der Waals surface area contributed by atoms with Gasteiger partial charge in [0.15, 0.2) is 11.5 Å². The van der Waals surface area contributed by atoms with Gasteiger partial charge in [0.1, 0.15) is 15.9 Å². The summed E-state index contributed by atoms with van der Waals surface area (Å²) in [5, 5.41) is 0.450. The molecule has 0 radical (unpaired) electrons. The zero-order valence-electron chi connectivity index (χ0n) is 12.3. The van der Waals surface area contributed by atoms with E-state index < -0.39 is 9.84 Å². The van der Waals surface area contributed by atoms with Gasteiger partial charge in [0.25, 0.3) is 0 Å². The third-order valence-electron chi connectivity index (χ3n) is 3.86. The summed E-state index contributed by atoms with van der Waals surface area (Å²) in [4.78, 5) is 0. The maximum atomic E-state index is 11.7. The van der Waals surface area contributed by atoms with E-state index in [0.29, 0.717) is 17.9 Å². The molecule has 0 heterocycles. The number of sulfone groups is 1. The zero-order chi connectivity index (χ0) is 15.5. The van der Waals surface area contributed by atoms with Gasteiger partial charge in [-0.2, -0.15) is 0 Å². The van der Waals surface area contributed by atoms with Gasteiger partial charge in [-0.25, -0.2) is 8.42 Å². The maximum Gasteiger partial charge on any atom is 0.161 e. The fourth-order valence-corrected chi connectivity index (χ4v) is 4.18. The maximum absolute atomic E-state index is 11.7.